The molecular formula is C20H44Fe2N4S4+8. The third-order valence-corrected chi connectivity index (χ3v) is 6.28. The van der Waals surface area contributed by atoms with Crippen LogP contribution in [0.2, 0.25) is 0 Å². The van der Waals surface area contributed by atoms with Crippen LogP contribution in [-0.4, -0.2) is 121 Å². The van der Waals surface area contributed by atoms with Gasteiger partial charge in [0.2, 0.25) is 0 Å². The fraction of sp³-hybridized carbons (Fsp3) is 1.00. The smallest absolute Gasteiger partial charge is 0.791 e. The predicted octanol–water partition coefficient (Wildman–Crippen LogP) is -0.120. The van der Waals surface area contributed by atoms with Gasteiger partial charge in [-0.2, -0.15) is 11.5 Å². The Morgan fingerprint density at radius 2 is 0.700 bits per heavy atom. The summed E-state index contributed by atoms with van der Waals surface area (Å²) >= 11 is 17.1. The van der Waals surface area contributed by atoms with Crippen LogP contribution in [0.25, 0.3) is 0 Å². The van der Waals surface area contributed by atoms with Crippen molar-refractivity contribution in [3.05, 3.63) is 0 Å². The average molecular weight is 581 g/mol. The molecule has 0 atom stereocenters. The van der Waals surface area contributed by atoms with E-state index in [1.807, 2.05) is 0 Å². The molecule has 0 bridgehead atoms. The van der Waals surface area contributed by atoms with Gasteiger partial charge >= 0.3 is 34.1 Å². The first kappa shape index (κ1) is 34.4. The summed E-state index contributed by atoms with van der Waals surface area (Å²) in [5, 5.41) is 0. The summed E-state index contributed by atoms with van der Waals surface area (Å²) in [5.41, 5.74) is 0. The molecule has 10 heteroatoms. The van der Waals surface area contributed by atoms with Gasteiger partial charge in [0.05, 0.1) is 0 Å². The van der Waals surface area contributed by atoms with Crippen molar-refractivity contribution >= 4 is 50.5 Å². The third-order valence-electron chi connectivity index (χ3n) is 5.47. The van der Waals surface area contributed by atoms with E-state index < -0.39 is 0 Å². The normalized spacial score (nSPS) is 20.4. The first-order valence-electron chi connectivity index (χ1n) is 11.1. The van der Waals surface area contributed by atoms with Crippen LogP contribution >= 0.6 is 0 Å². The monoisotopic (exact) mass is 580 g/mol. The Morgan fingerprint density at radius 1 is 0.467 bits per heavy atom. The van der Waals surface area contributed by atoms with E-state index in [-0.39, 0.29) is 34.1 Å². The van der Waals surface area contributed by atoms with E-state index in [4.69, 9.17) is 25.3 Å². The zero-order chi connectivity index (χ0) is 20.5. The largest absolute Gasteiger partial charge is 4.00 e. The molecule has 2 heterocycles. The van der Waals surface area contributed by atoms with E-state index >= 15 is 0 Å². The Hall–Kier alpha value is 2.28. The van der Waals surface area contributed by atoms with Crippen molar-refractivity contribution in [2.45, 2.75) is 25.7 Å². The summed E-state index contributed by atoms with van der Waals surface area (Å²) in [6.45, 7) is 14.5. The minimum atomic E-state index is 0. The second kappa shape index (κ2) is 24.4. The molecule has 0 spiro atoms. The van der Waals surface area contributed by atoms with E-state index in [9.17, 15) is 0 Å². The van der Waals surface area contributed by atoms with Gasteiger partial charge in [-0.05, 0) is 116 Å². The Bertz CT molecular complexity index is 283. The van der Waals surface area contributed by atoms with Gasteiger partial charge in [0.25, 0.3) is 0 Å². The molecule has 0 radical (unpaired) electrons. The topological polar surface area (TPSA) is 13.0 Å². The van der Waals surface area contributed by atoms with Crippen LogP contribution in [0.1, 0.15) is 25.7 Å². The van der Waals surface area contributed by atoms with Gasteiger partial charge in [-0.1, -0.05) is 0 Å². The summed E-state index contributed by atoms with van der Waals surface area (Å²) in [5.74, 6) is 3.95. The van der Waals surface area contributed by atoms with E-state index in [1.54, 1.807) is 0 Å². The first-order valence-corrected chi connectivity index (χ1v) is 13.6. The van der Waals surface area contributed by atoms with Gasteiger partial charge in [-0.25, -0.2) is 0 Å². The summed E-state index contributed by atoms with van der Waals surface area (Å²) < 4.78 is 0. The second-order valence-electron chi connectivity index (χ2n) is 7.69. The molecule has 2 aliphatic heterocycles. The van der Waals surface area contributed by atoms with Crippen LogP contribution in [0, 0.1) is 0 Å². The van der Waals surface area contributed by atoms with E-state index in [0.29, 0.717) is 0 Å². The molecule has 0 saturated carbocycles. The predicted molar refractivity (Wildman–Crippen MR) is 139 cm³/mol. The molecule has 0 aliphatic carbocycles. The summed E-state index contributed by atoms with van der Waals surface area (Å²) in [6, 6.07) is 0. The molecule has 0 N–H and O–H groups in total. The first-order chi connectivity index (χ1) is 13.7. The average Bonchev–Trinajstić information content (AvgIpc) is 2.64. The van der Waals surface area contributed by atoms with E-state index in [0.717, 1.165) is 36.1 Å². The van der Waals surface area contributed by atoms with Crippen molar-refractivity contribution in [3.63, 3.8) is 0 Å². The van der Waals surface area contributed by atoms with Crippen molar-refractivity contribution in [2.75, 3.05) is 102 Å². The Morgan fingerprint density at radius 3 is 0.900 bits per heavy atom. The zero-order valence-corrected chi connectivity index (χ0v) is 24.3. The molecule has 0 aromatic carbocycles. The molecule has 0 unspecified atom stereocenters. The van der Waals surface area contributed by atoms with Crippen LogP contribution in [-0.2, 0) is 84.7 Å². The quantitative estimate of drug-likeness (QED) is 0.224. The fourth-order valence-corrected chi connectivity index (χ4v) is 5.14. The van der Waals surface area contributed by atoms with Crippen molar-refractivity contribution in [1.29, 1.82) is 0 Å². The number of hydrogen-bond acceptors (Lipinski definition) is 6. The van der Waals surface area contributed by atoms with Gasteiger partial charge < -0.3 is 35.1 Å². The standard InChI is InChI=1S/2C10H22N2S2.2Fe/c2*13-9-7-11-3-1-4-12(8-10-14)6-2-5-11;;/h2*13-14H,1-10H2;;/q;;2*+4. The SMILES string of the molecule is [Fe+4].[Fe+4].[S-]CCN1CCCN(CC[SH2+])CCC1.[S-]CCN1CCCN(CC[SH2+])CCC1. The minimum absolute atomic E-state index is 0. The van der Waals surface area contributed by atoms with Crippen molar-refractivity contribution in [3.8, 4) is 0 Å². The van der Waals surface area contributed by atoms with Crippen LogP contribution < -0.4 is 0 Å². The number of hydrogen-bond donors (Lipinski definition) is 0. The molecular weight excluding hydrogens is 536 g/mol. The Balaban J connectivity index is 0. The van der Waals surface area contributed by atoms with Gasteiger partial charge in [0.15, 0.2) is 0 Å². The molecule has 0 aromatic heterocycles. The Kier molecular flexibility index (Phi) is 28.0. The maximum absolute atomic E-state index is 5.02. The van der Waals surface area contributed by atoms with E-state index in [2.05, 4.69) is 44.9 Å². The number of rotatable bonds is 8. The van der Waals surface area contributed by atoms with Crippen molar-refractivity contribution in [1.82, 2.24) is 19.6 Å². The fourth-order valence-electron chi connectivity index (χ4n) is 3.99. The number of nitrogens with zero attached hydrogens (tertiary/aromatic N) is 4. The van der Waals surface area contributed by atoms with Gasteiger partial charge in [0.1, 0.15) is 11.5 Å². The van der Waals surface area contributed by atoms with Gasteiger partial charge in [-0.3, -0.25) is 9.80 Å². The maximum Gasteiger partial charge on any atom is 4.00 e. The summed E-state index contributed by atoms with van der Waals surface area (Å²) in [4.78, 5) is 10.1. The molecule has 2 fully saturated rings. The van der Waals surface area contributed by atoms with Crippen molar-refractivity contribution in [2.24, 2.45) is 0 Å². The molecule has 2 aliphatic rings. The molecule has 2 rings (SSSR count). The molecule has 0 aromatic rings. The second-order valence-corrected chi connectivity index (χ2v) is 9.51. The Labute approximate surface area is 230 Å². The third kappa shape index (κ3) is 17.7. The minimum Gasteiger partial charge on any atom is -0.791 e. The van der Waals surface area contributed by atoms with Gasteiger partial charge in [0, 0.05) is 13.1 Å². The molecule has 2 saturated heterocycles. The van der Waals surface area contributed by atoms with Crippen molar-refractivity contribution < 1.29 is 34.1 Å². The summed E-state index contributed by atoms with van der Waals surface area (Å²) in [7, 11) is 0. The van der Waals surface area contributed by atoms with Crippen LogP contribution in [0.3, 0.4) is 0 Å². The summed E-state index contributed by atoms with van der Waals surface area (Å²) in [6.07, 6.45) is 5.17. The maximum atomic E-state index is 5.02. The molecule has 0 amide bonds. The van der Waals surface area contributed by atoms with Crippen LogP contribution in [0.15, 0.2) is 0 Å². The van der Waals surface area contributed by atoms with Gasteiger partial charge in [-0.15, -0.1) is 0 Å². The van der Waals surface area contributed by atoms with E-state index in [1.165, 1.54) is 91.1 Å². The molecule has 4 nitrogen and oxygen atoms in total. The van der Waals surface area contributed by atoms with Crippen LogP contribution in [0.5, 0.6) is 0 Å². The zero-order valence-electron chi connectivity index (χ0n) is 18.5. The molecule has 30 heavy (non-hydrogen) atoms. The van der Waals surface area contributed by atoms with Crippen LogP contribution in [0.4, 0.5) is 0 Å². The molecule has 176 valence electrons.